The highest BCUT2D eigenvalue weighted by Gasteiger charge is 2.02. The van der Waals surface area contributed by atoms with Crippen LogP contribution in [0.15, 0.2) is 53.6 Å². The van der Waals surface area contributed by atoms with Crippen molar-refractivity contribution >= 4 is 18.1 Å². The van der Waals surface area contributed by atoms with Crippen LogP contribution in [0.3, 0.4) is 0 Å². The highest BCUT2D eigenvalue weighted by atomic mass is 16.5. The molecule has 2 rings (SSSR count). The number of aryl methyl sites for hydroxylation is 1. The van der Waals surface area contributed by atoms with Crippen LogP contribution < -0.4 is 10.2 Å². The molecule has 0 spiro atoms. The fraction of sp³-hybridized carbons (Fsp3) is 0.167. The fourth-order valence-electron chi connectivity index (χ4n) is 1.89. The predicted molar refractivity (Wildman–Crippen MR) is 90.5 cm³/mol. The van der Waals surface area contributed by atoms with Crippen molar-refractivity contribution in [3.63, 3.8) is 0 Å². The first kappa shape index (κ1) is 17.2. The van der Waals surface area contributed by atoms with Gasteiger partial charge in [0.25, 0.3) is 5.91 Å². The van der Waals surface area contributed by atoms with Crippen LogP contribution in [0.4, 0.5) is 0 Å². The lowest BCUT2D eigenvalue weighted by Crippen LogP contribution is -2.24. The molecule has 0 saturated carbocycles. The van der Waals surface area contributed by atoms with Crippen LogP contribution >= 0.6 is 0 Å². The van der Waals surface area contributed by atoms with E-state index in [9.17, 15) is 9.59 Å². The maximum Gasteiger partial charge on any atom is 0.335 e. The number of rotatable bonds is 7. The molecule has 0 unspecified atom stereocenters. The number of carboxylic acid groups (broad SMARTS) is 1. The molecule has 0 atom stereocenters. The largest absolute Gasteiger partial charge is 0.484 e. The molecule has 1 amide bonds. The van der Waals surface area contributed by atoms with E-state index in [4.69, 9.17) is 9.84 Å². The molecule has 0 fully saturated rings. The summed E-state index contributed by atoms with van der Waals surface area (Å²) in [7, 11) is 0. The Balaban J connectivity index is 1.78. The van der Waals surface area contributed by atoms with Crippen molar-refractivity contribution in [2.45, 2.75) is 13.3 Å². The number of nitrogens with one attached hydrogen (secondary N) is 1. The van der Waals surface area contributed by atoms with E-state index in [0.717, 1.165) is 6.42 Å². The lowest BCUT2D eigenvalue weighted by atomic mass is 10.1. The Morgan fingerprint density at radius 1 is 1.12 bits per heavy atom. The molecular formula is C18H18N2O4. The highest BCUT2D eigenvalue weighted by Crippen LogP contribution is 2.12. The smallest absolute Gasteiger partial charge is 0.335 e. The number of hydrazone groups is 1. The molecule has 124 valence electrons. The van der Waals surface area contributed by atoms with E-state index in [1.54, 1.807) is 12.1 Å². The van der Waals surface area contributed by atoms with E-state index in [2.05, 4.69) is 17.5 Å². The molecule has 0 aliphatic carbocycles. The Labute approximate surface area is 139 Å². The summed E-state index contributed by atoms with van der Waals surface area (Å²) in [6.45, 7) is 1.93. The van der Waals surface area contributed by atoms with Crippen LogP contribution in [-0.4, -0.2) is 29.8 Å². The van der Waals surface area contributed by atoms with Gasteiger partial charge in [-0.3, -0.25) is 4.79 Å². The van der Waals surface area contributed by atoms with Gasteiger partial charge in [0.2, 0.25) is 0 Å². The first-order valence-corrected chi connectivity index (χ1v) is 7.45. The summed E-state index contributed by atoms with van der Waals surface area (Å²) < 4.78 is 5.36. The van der Waals surface area contributed by atoms with Crippen LogP contribution in [0.1, 0.15) is 28.4 Å². The summed E-state index contributed by atoms with van der Waals surface area (Å²) in [5.74, 6) is -0.750. The average Bonchev–Trinajstić information content (AvgIpc) is 2.61. The van der Waals surface area contributed by atoms with Crippen molar-refractivity contribution < 1.29 is 19.4 Å². The van der Waals surface area contributed by atoms with Gasteiger partial charge in [-0.25, -0.2) is 10.2 Å². The van der Waals surface area contributed by atoms with E-state index >= 15 is 0 Å². The second-order valence-corrected chi connectivity index (χ2v) is 5.01. The summed E-state index contributed by atoms with van der Waals surface area (Å²) in [5, 5.41) is 12.6. The zero-order valence-corrected chi connectivity index (χ0v) is 13.2. The minimum Gasteiger partial charge on any atom is -0.484 e. The van der Waals surface area contributed by atoms with Gasteiger partial charge in [-0.05, 0) is 41.8 Å². The molecule has 2 N–H and O–H groups in total. The average molecular weight is 326 g/mol. The van der Waals surface area contributed by atoms with E-state index < -0.39 is 5.97 Å². The molecule has 0 bridgehead atoms. The summed E-state index contributed by atoms with van der Waals surface area (Å²) >= 11 is 0. The van der Waals surface area contributed by atoms with Gasteiger partial charge >= 0.3 is 5.97 Å². The maximum absolute atomic E-state index is 11.6. The SMILES string of the molecule is CCc1ccc(OCC(=O)NN=Cc2ccc(C(=O)O)cc2)cc1. The van der Waals surface area contributed by atoms with Crippen LogP contribution in [0.2, 0.25) is 0 Å². The molecule has 6 heteroatoms. The van der Waals surface area contributed by atoms with Gasteiger partial charge in [-0.2, -0.15) is 5.10 Å². The van der Waals surface area contributed by atoms with E-state index in [1.165, 1.54) is 23.9 Å². The van der Waals surface area contributed by atoms with Gasteiger partial charge < -0.3 is 9.84 Å². The summed E-state index contributed by atoms with van der Waals surface area (Å²) in [6, 6.07) is 13.7. The Morgan fingerprint density at radius 2 is 1.79 bits per heavy atom. The van der Waals surface area contributed by atoms with Gasteiger partial charge in [-0.1, -0.05) is 31.2 Å². The number of carbonyl (C=O) groups excluding carboxylic acids is 1. The van der Waals surface area contributed by atoms with Crippen molar-refractivity contribution in [2.75, 3.05) is 6.61 Å². The van der Waals surface area contributed by atoms with Crippen molar-refractivity contribution in [1.29, 1.82) is 0 Å². The van der Waals surface area contributed by atoms with E-state index in [0.29, 0.717) is 11.3 Å². The normalized spacial score (nSPS) is 10.5. The minimum atomic E-state index is -0.990. The Kier molecular flexibility index (Phi) is 6.08. The third-order valence-electron chi connectivity index (χ3n) is 3.26. The molecular weight excluding hydrogens is 308 g/mol. The van der Waals surface area contributed by atoms with Crippen molar-refractivity contribution in [1.82, 2.24) is 5.43 Å². The molecule has 6 nitrogen and oxygen atoms in total. The standard InChI is InChI=1S/C18H18N2O4/c1-2-13-5-9-16(10-6-13)24-12-17(21)20-19-11-14-3-7-15(8-4-14)18(22)23/h3-11H,2,12H2,1H3,(H,20,21)(H,22,23). The van der Waals surface area contributed by atoms with Crippen molar-refractivity contribution in [3.05, 3.63) is 65.2 Å². The monoisotopic (exact) mass is 326 g/mol. The zero-order valence-electron chi connectivity index (χ0n) is 13.2. The highest BCUT2D eigenvalue weighted by molar-refractivity contribution is 5.89. The van der Waals surface area contributed by atoms with Crippen LogP contribution in [0.25, 0.3) is 0 Å². The third-order valence-corrected chi connectivity index (χ3v) is 3.26. The number of nitrogens with zero attached hydrogens (tertiary/aromatic N) is 1. The second-order valence-electron chi connectivity index (χ2n) is 5.01. The van der Waals surface area contributed by atoms with Crippen LogP contribution in [0, 0.1) is 0 Å². The van der Waals surface area contributed by atoms with Gasteiger partial charge in [0.1, 0.15) is 5.75 Å². The molecule has 24 heavy (non-hydrogen) atoms. The first-order chi connectivity index (χ1) is 11.6. The lowest BCUT2D eigenvalue weighted by Gasteiger charge is -2.05. The van der Waals surface area contributed by atoms with E-state index in [1.807, 2.05) is 24.3 Å². The van der Waals surface area contributed by atoms with Gasteiger partial charge in [0, 0.05) is 0 Å². The maximum atomic E-state index is 11.6. The number of benzene rings is 2. The molecule has 0 saturated heterocycles. The number of aromatic carboxylic acids is 1. The quantitative estimate of drug-likeness (QED) is 0.604. The van der Waals surface area contributed by atoms with Gasteiger partial charge in [0.05, 0.1) is 11.8 Å². The number of carbonyl (C=O) groups is 2. The first-order valence-electron chi connectivity index (χ1n) is 7.45. The number of hydrogen-bond donors (Lipinski definition) is 2. The molecule has 2 aromatic carbocycles. The number of ether oxygens (including phenoxy) is 1. The second kappa shape index (κ2) is 8.47. The lowest BCUT2D eigenvalue weighted by molar-refractivity contribution is -0.123. The van der Waals surface area contributed by atoms with Crippen molar-refractivity contribution in [2.24, 2.45) is 5.10 Å². The zero-order chi connectivity index (χ0) is 17.4. The Hall–Kier alpha value is -3.15. The third kappa shape index (κ3) is 5.24. The van der Waals surface area contributed by atoms with Crippen LogP contribution in [0.5, 0.6) is 5.75 Å². The van der Waals surface area contributed by atoms with E-state index in [-0.39, 0.29) is 18.1 Å². The predicted octanol–water partition coefficient (Wildman–Crippen LogP) is 2.48. The molecule has 0 aliphatic heterocycles. The van der Waals surface area contributed by atoms with Crippen LogP contribution in [-0.2, 0) is 11.2 Å². The Morgan fingerprint density at radius 3 is 2.38 bits per heavy atom. The molecule has 2 aromatic rings. The topological polar surface area (TPSA) is 88.0 Å². The fourth-order valence-corrected chi connectivity index (χ4v) is 1.89. The summed E-state index contributed by atoms with van der Waals surface area (Å²) in [4.78, 5) is 22.4. The number of hydrogen-bond acceptors (Lipinski definition) is 4. The number of amides is 1. The van der Waals surface area contributed by atoms with Gasteiger partial charge in [0.15, 0.2) is 6.61 Å². The van der Waals surface area contributed by atoms with Crippen molar-refractivity contribution in [3.8, 4) is 5.75 Å². The summed E-state index contributed by atoms with van der Waals surface area (Å²) in [5.41, 5.74) is 4.42. The molecule has 0 heterocycles. The minimum absolute atomic E-state index is 0.138. The molecule has 0 radical (unpaired) electrons. The Bertz CT molecular complexity index is 722. The molecule has 0 aliphatic rings. The number of carboxylic acids is 1. The summed E-state index contributed by atoms with van der Waals surface area (Å²) in [6.07, 6.45) is 2.38. The molecule has 0 aromatic heterocycles. The van der Waals surface area contributed by atoms with Gasteiger partial charge in [-0.15, -0.1) is 0 Å².